The van der Waals surface area contributed by atoms with Gasteiger partial charge in [-0.2, -0.15) is 0 Å². The molecule has 0 fully saturated rings. The molecule has 4 nitrogen and oxygen atoms in total. The Hall–Kier alpha value is -6.98. The maximum atomic E-state index is 7.20. The van der Waals surface area contributed by atoms with Crippen LogP contribution in [0.2, 0.25) is 0 Å². The molecule has 5 heteroatoms. The number of aryl methyl sites for hydroxylation is 1. The number of fused-ring (bicyclic) bond motifs is 10. The molecular formula is C65H60BN2O2. The van der Waals surface area contributed by atoms with Crippen LogP contribution >= 0.6 is 0 Å². The van der Waals surface area contributed by atoms with Crippen molar-refractivity contribution in [3.63, 3.8) is 0 Å². The minimum Gasteiger partial charge on any atom is -0.456 e. The number of furan rings is 2. The van der Waals surface area contributed by atoms with Gasteiger partial charge in [-0.25, -0.2) is 0 Å². The normalized spacial score (nSPS) is 17.2. The minimum absolute atomic E-state index is 0.0267. The van der Waals surface area contributed by atoms with Gasteiger partial charge in [0.05, 0.1) is 11.1 Å². The summed E-state index contributed by atoms with van der Waals surface area (Å²) in [5.41, 5.74) is 23.1. The number of para-hydroxylation sites is 2. The molecule has 3 aliphatic rings. The molecule has 0 saturated heterocycles. The molecule has 0 spiro atoms. The van der Waals surface area contributed by atoms with Crippen LogP contribution in [0.4, 0.5) is 28.4 Å². The van der Waals surface area contributed by atoms with Gasteiger partial charge in [-0.1, -0.05) is 152 Å². The van der Waals surface area contributed by atoms with E-state index in [4.69, 9.17) is 8.83 Å². The molecule has 2 aliphatic carbocycles. The lowest BCUT2D eigenvalue weighted by molar-refractivity contribution is 0.332. The van der Waals surface area contributed by atoms with Gasteiger partial charge >= 0.3 is 0 Å². The van der Waals surface area contributed by atoms with Gasteiger partial charge in [0.2, 0.25) is 0 Å². The SMILES string of the molecule is Cc1cc2c(cc1N1c3ccc(-c4ccccc4)cc3[B]c3c1cc1c(oc4ccccc41)c3-c1ccc3oc4ccccc4c3c1Nc1ccc3c(c1)C(C)(C)CCC3(C)C)C(C)(C)CCC2(C)C. The fraction of sp³-hybridized carbons (Fsp3) is 0.262. The van der Waals surface area contributed by atoms with Gasteiger partial charge < -0.3 is 19.1 Å². The summed E-state index contributed by atoms with van der Waals surface area (Å²) in [5.74, 6) is 0. The standard InChI is InChI=1S/C65H60BN2O2/c1-38-33-47-49(65(8,9)32-31-63(47,4)5)37-52(38)68-51-27-23-40(39-17-11-10-12-18-39)34-50(51)66-59-53(68)36-45-42-19-13-15-21-54(42)70-61(45)58(59)44-25-28-56-57(43-20-14-16-22-55(43)69-56)60(44)67-41-24-26-46-48(35-41)64(6,7)30-29-62(46,2)3/h10-28,33-37,67H,29-32H2,1-9H3. The van der Waals surface area contributed by atoms with Gasteiger partial charge in [0.25, 0.3) is 0 Å². The van der Waals surface area contributed by atoms with Gasteiger partial charge in [0, 0.05) is 50.0 Å². The summed E-state index contributed by atoms with van der Waals surface area (Å²) < 4.78 is 13.9. The highest BCUT2D eigenvalue weighted by molar-refractivity contribution is 6.74. The van der Waals surface area contributed by atoms with E-state index in [2.05, 4.69) is 225 Å². The summed E-state index contributed by atoms with van der Waals surface area (Å²) in [5, 5.41) is 8.45. The van der Waals surface area contributed by atoms with Crippen LogP contribution in [0.1, 0.15) is 109 Å². The number of benzene rings is 8. The highest BCUT2D eigenvalue weighted by Gasteiger charge is 2.40. The van der Waals surface area contributed by atoms with E-state index in [0.29, 0.717) is 0 Å². The predicted octanol–water partition coefficient (Wildman–Crippen LogP) is 17.0. The molecule has 1 radical (unpaired) electrons. The van der Waals surface area contributed by atoms with E-state index < -0.39 is 0 Å². The molecule has 1 aliphatic heterocycles. The molecule has 10 aromatic rings. The molecule has 345 valence electrons. The Balaban J connectivity index is 1.13. The van der Waals surface area contributed by atoms with Crippen LogP contribution in [0.5, 0.6) is 0 Å². The van der Waals surface area contributed by atoms with E-state index in [9.17, 15) is 0 Å². The first-order valence-electron chi connectivity index (χ1n) is 25.4. The van der Waals surface area contributed by atoms with E-state index in [-0.39, 0.29) is 21.7 Å². The lowest BCUT2D eigenvalue weighted by Gasteiger charge is -2.43. The van der Waals surface area contributed by atoms with Crippen molar-refractivity contribution in [2.24, 2.45) is 0 Å². The van der Waals surface area contributed by atoms with Crippen LogP contribution in [-0.2, 0) is 21.7 Å². The summed E-state index contributed by atoms with van der Waals surface area (Å²) in [6.45, 7) is 21.7. The van der Waals surface area contributed by atoms with Crippen molar-refractivity contribution in [3.05, 3.63) is 173 Å². The molecule has 3 heterocycles. The smallest absolute Gasteiger partial charge is 0.198 e. The quantitative estimate of drug-likeness (QED) is 0.175. The average molecular weight is 912 g/mol. The number of nitrogens with one attached hydrogen (secondary N) is 1. The maximum absolute atomic E-state index is 7.20. The van der Waals surface area contributed by atoms with Crippen molar-refractivity contribution in [2.75, 3.05) is 10.2 Å². The molecule has 8 aromatic carbocycles. The Morgan fingerprint density at radius 3 is 1.84 bits per heavy atom. The number of anilines is 5. The van der Waals surface area contributed by atoms with E-state index in [1.165, 1.54) is 57.5 Å². The summed E-state index contributed by atoms with van der Waals surface area (Å²) in [4.78, 5) is 2.57. The molecule has 0 bridgehead atoms. The van der Waals surface area contributed by atoms with Gasteiger partial charge in [-0.3, -0.25) is 0 Å². The Morgan fingerprint density at radius 2 is 1.11 bits per heavy atom. The first kappa shape index (κ1) is 43.1. The third-order valence-corrected chi connectivity index (χ3v) is 16.9. The second-order valence-electron chi connectivity index (χ2n) is 23.3. The molecule has 1 N–H and O–H groups in total. The zero-order valence-corrected chi connectivity index (χ0v) is 42.0. The highest BCUT2D eigenvalue weighted by atomic mass is 16.3. The van der Waals surface area contributed by atoms with Crippen molar-refractivity contribution in [3.8, 4) is 22.3 Å². The minimum atomic E-state index is 0.0267. The largest absolute Gasteiger partial charge is 0.456 e. The van der Waals surface area contributed by atoms with Crippen molar-refractivity contribution in [2.45, 2.75) is 110 Å². The van der Waals surface area contributed by atoms with Gasteiger partial charge in [-0.05, 0) is 153 Å². The molecule has 70 heavy (non-hydrogen) atoms. The summed E-state index contributed by atoms with van der Waals surface area (Å²) in [6, 6.07) is 53.8. The van der Waals surface area contributed by atoms with Gasteiger partial charge in [0.15, 0.2) is 7.28 Å². The second-order valence-corrected chi connectivity index (χ2v) is 23.3. The Labute approximate surface area is 413 Å². The monoisotopic (exact) mass is 911 g/mol. The fourth-order valence-electron chi connectivity index (χ4n) is 12.6. The van der Waals surface area contributed by atoms with E-state index in [1.54, 1.807) is 0 Å². The topological polar surface area (TPSA) is 41.6 Å². The van der Waals surface area contributed by atoms with E-state index in [0.717, 1.165) is 102 Å². The van der Waals surface area contributed by atoms with Gasteiger partial charge in [0.1, 0.15) is 22.3 Å². The van der Waals surface area contributed by atoms with Crippen LogP contribution < -0.4 is 21.1 Å². The van der Waals surface area contributed by atoms with E-state index >= 15 is 0 Å². The Kier molecular flexibility index (Phi) is 9.24. The Morgan fingerprint density at radius 1 is 0.486 bits per heavy atom. The maximum Gasteiger partial charge on any atom is 0.198 e. The van der Waals surface area contributed by atoms with E-state index in [1.807, 2.05) is 0 Å². The number of hydrogen-bond acceptors (Lipinski definition) is 4. The second kappa shape index (κ2) is 15.0. The van der Waals surface area contributed by atoms with Crippen molar-refractivity contribution < 1.29 is 8.83 Å². The third-order valence-electron chi connectivity index (χ3n) is 16.9. The molecule has 0 amide bonds. The van der Waals surface area contributed by atoms with Crippen LogP contribution in [-0.4, -0.2) is 7.28 Å². The number of hydrogen-bond donors (Lipinski definition) is 1. The average Bonchev–Trinajstić information content (AvgIpc) is 3.92. The molecule has 0 saturated carbocycles. The molecular weight excluding hydrogens is 852 g/mol. The third kappa shape index (κ3) is 6.49. The molecule has 13 rings (SSSR count). The molecule has 0 atom stereocenters. The zero-order valence-electron chi connectivity index (χ0n) is 42.0. The van der Waals surface area contributed by atoms with Crippen LogP contribution in [0, 0.1) is 6.92 Å². The summed E-state index contributed by atoms with van der Waals surface area (Å²) in [7, 11) is 2.43. The molecule has 2 aromatic heterocycles. The molecule has 0 unspecified atom stereocenters. The lowest BCUT2D eigenvalue weighted by Crippen LogP contribution is -2.41. The van der Waals surface area contributed by atoms with Crippen molar-refractivity contribution >= 4 is 90.5 Å². The summed E-state index contributed by atoms with van der Waals surface area (Å²) in [6.07, 6.45) is 4.62. The van der Waals surface area contributed by atoms with Crippen LogP contribution in [0.25, 0.3) is 66.1 Å². The van der Waals surface area contributed by atoms with Crippen molar-refractivity contribution in [1.29, 1.82) is 0 Å². The number of nitrogens with zero attached hydrogens (tertiary/aromatic N) is 1. The highest BCUT2D eigenvalue weighted by Crippen LogP contribution is 2.53. The van der Waals surface area contributed by atoms with Gasteiger partial charge in [-0.15, -0.1) is 0 Å². The summed E-state index contributed by atoms with van der Waals surface area (Å²) >= 11 is 0. The first-order chi connectivity index (χ1) is 33.6. The number of rotatable bonds is 5. The van der Waals surface area contributed by atoms with Crippen LogP contribution in [0.15, 0.2) is 154 Å². The zero-order chi connectivity index (χ0) is 48.1. The predicted molar refractivity (Wildman–Crippen MR) is 297 cm³/mol. The lowest BCUT2D eigenvalue weighted by atomic mass is 9.57. The van der Waals surface area contributed by atoms with Crippen molar-refractivity contribution in [1.82, 2.24) is 0 Å². The fourth-order valence-corrected chi connectivity index (χ4v) is 12.6. The first-order valence-corrected chi connectivity index (χ1v) is 25.4. The Bertz CT molecular complexity index is 3810. The van der Waals surface area contributed by atoms with Crippen LogP contribution in [0.3, 0.4) is 0 Å².